The lowest BCUT2D eigenvalue weighted by atomic mass is 9.51. The fourth-order valence-electron chi connectivity index (χ4n) is 7.87. The van der Waals surface area contributed by atoms with Crippen LogP contribution in [0.25, 0.3) is 11.0 Å². The van der Waals surface area contributed by atoms with Gasteiger partial charge >= 0.3 is 10.1 Å². The molecule has 1 aliphatic heterocycles. The molecule has 2 heterocycles. The van der Waals surface area contributed by atoms with Gasteiger partial charge in [0.05, 0.1) is 14.2 Å². The summed E-state index contributed by atoms with van der Waals surface area (Å²) in [6.07, 6.45) is 9.40. The minimum atomic E-state index is -4.34. The zero-order valence-corrected chi connectivity index (χ0v) is 24.6. The van der Waals surface area contributed by atoms with Crippen LogP contribution in [-0.4, -0.2) is 33.0 Å². The Morgan fingerprint density at radius 2 is 1.57 bits per heavy atom. The molecule has 2 fully saturated rings. The van der Waals surface area contributed by atoms with Crippen molar-refractivity contribution in [2.75, 3.05) is 14.2 Å². The molecular formula is C32H34N2O7S. The second-order valence-electron chi connectivity index (χ2n) is 11.7. The van der Waals surface area contributed by atoms with Gasteiger partial charge in [0.2, 0.25) is 0 Å². The van der Waals surface area contributed by atoms with Gasteiger partial charge in [0.25, 0.3) is 0 Å². The molecule has 0 radical (unpaired) electrons. The lowest BCUT2D eigenvalue weighted by molar-refractivity contribution is -0.0956. The number of rotatable bonds is 6. The minimum absolute atomic E-state index is 0.0907. The Hall–Kier alpha value is -3.79. The van der Waals surface area contributed by atoms with E-state index in [0.29, 0.717) is 16.8 Å². The Balaban J connectivity index is 1.42. The molecule has 9 nitrogen and oxygen atoms in total. The van der Waals surface area contributed by atoms with E-state index in [1.165, 1.54) is 18.1 Å². The van der Waals surface area contributed by atoms with Crippen LogP contribution in [0.3, 0.4) is 0 Å². The quantitative estimate of drug-likeness (QED) is 0.227. The molecule has 4 aromatic rings. The molecule has 10 heteroatoms. The Labute approximate surface area is 245 Å². The van der Waals surface area contributed by atoms with Gasteiger partial charge < -0.3 is 18.4 Å². The first-order chi connectivity index (χ1) is 20.4. The Kier molecular flexibility index (Phi) is 6.56. The van der Waals surface area contributed by atoms with Gasteiger partial charge in [0, 0.05) is 34.6 Å². The third kappa shape index (κ3) is 4.13. The minimum Gasteiger partial charge on any atom is -0.497 e. The monoisotopic (exact) mass is 590 g/mol. The summed E-state index contributed by atoms with van der Waals surface area (Å²) < 4.78 is 56.8. The smallest absolute Gasteiger partial charge is 0.341 e. The van der Waals surface area contributed by atoms with Crippen LogP contribution in [0.1, 0.15) is 68.9 Å². The summed E-state index contributed by atoms with van der Waals surface area (Å²) in [7, 11) is -1.13. The maximum atomic E-state index is 13.9. The van der Waals surface area contributed by atoms with Crippen molar-refractivity contribution >= 4 is 21.2 Å². The molecule has 2 saturated carbocycles. The van der Waals surface area contributed by atoms with E-state index in [9.17, 15) is 8.42 Å². The molecule has 3 aromatic carbocycles. The van der Waals surface area contributed by atoms with E-state index in [1.807, 2.05) is 24.3 Å². The number of ether oxygens (including phenoxy) is 3. The number of aromatic nitrogens is 2. The van der Waals surface area contributed by atoms with Crippen molar-refractivity contribution in [3.05, 3.63) is 65.7 Å². The molecule has 1 spiro atoms. The lowest BCUT2D eigenvalue weighted by Gasteiger charge is -2.58. The second-order valence-corrected chi connectivity index (χ2v) is 13.2. The van der Waals surface area contributed by atoms with Gasteiger partial charge in [-0.05, 0) is 72.7 Å². The molecule has 220 valence electrons. The molecule has 2 aliphatic carbocycles. The first-order valence-electron chi connectivity index (χ1n) is 14.6. The van der Waals surface area contributed by atoms with E-state index in [1.54, 1.807) is 32.4 Å². The summed E-state index contributed by atoms with van der Waals surface area (Å²) in [5.41, 5.74) is 1.50. The van der Waals surface area contributed by atoms with Crippen molar-refractivity contribution in [1.82, 2.24) is 10.3 Å². The van der Waals surface area contributed by atoms with Crippen LogP contribution in [-0.2, 0) is 21.1 Å². The van der Waals surface area contributed by atoms with Crippen LogP contribution in [0.5, 0.6) is 23.0 Å². The SMILES string of the molecule is COc1ccc2c(c1)O[C@]1(c3ccc(OC)cc3OS(=O)(=O)c3cccc4nonc34)CCCC[C@H]1C21CCCCC1. The third-order valence-electron chi connectivity index (χ3n) is 9.65. The van der Waals surface area contributed by atoms with Crippen molar-refractivity contribution < 1.29 is 31.4 Å². The number of hydrogen-bond acceptors (Lipinski definition) is 9. The van der Waals surface area contributed by atoms with Gasteiger partial charge in [-0.25, -0.2) is 4.63 Å². The zero-order valence-electron chi connectivity index (χ0n) is 23.8. The molecule has 42 heavy (non-hydrogen) atoms. The fourth-order valence-corrected chi connectivity index (χ4v) is 8.96. The molecule has 0 saturated heterocycles. The number of methoxy groups -OCH3 is 2. The molecule has 1 aromatic heterocycles. The van der Waals surface area contributed by atoms with Crippen molar-refractivity contribution in [3.8, 4) is 23.0 Å². The Morgan fingerprint density at radius 3 is 2.36 bits per heavy atom. The van der Waals surface area contributed by atoms with E-state index in [0.717, 1.165) is 62.9 Å². The topological polar surface area (TPSA) is 110 Å². The summed E-state index contributed by atoms with van der Waals surface area (Å²) in [4.78, 5) is -0.115. The predicted molar refractivity (Wildman–Crippen MR) is 155 cm³/mol. The molecule has 0 N–H and O–H groups in total. The van der Waals surface area contributed by atoms with Crippen molar-refractivity contribution in [2.24, 2.45) is 5.92 Å². The van der Waals surface area contributed by atoms with Crippen LogP contribution in [0.15, 0.2) is 64.1 Å². The van der Waals surface area contributed by atoms with Gasteiger partial charge in [-0.2, -0.15) is 8.42 Å². The second kappa shape index (κ2) is 10.2. The van der Waals surface area contributed by atoms with Gasteiger partial charge in [0.1, 0.15) is 33.3 Å². The summed E-state index contributed by atoms with van der Waals surface area (Å²) in [6.45, 7) is 0. The predicted octanol–water partition coefficient (Wildman–Crippen LogP) is 6.69. The highest BCUT2D eigenvalue weighted by atomic mass is 32.2. The normalized spacial score (nSPS) is 23.0. The third-order valence-corrected chi connectivity index (χ3v) is 10.9. The largest absolute Gasteiger partial charge is 0.497 e. The van der Waals surface area contributed by atoms with Crippen LogP contribution in [0.4, 0.5) is 0 Å². The molecule has 0 amide bonds. The van der Waals surface area contributed by atoms with Crippen molar-refractivity contribution in [3.63, 3.8) is 0 Å². The van der Waals surface area contributed by atoms with Gasteiger partial charge in [-0.15, -0.1) is 0 Å². The van der Waals surface area contributed by atoms with E-state index < -0.39 is 15.7 Å². The highest BCUT2D eigenvalue weighted by molar-refractivity contribution is 7.87. The van der Waals surface area contributed by atoms with E-state index in [4.69, 9.17) is 23.0 Å². The maximum Gasteiger partial charge on any atom is 0.341 e. The van der Waals surface area contributed by atoms with Crippen LogP contribution in [0, 0.1) is 5.92 Å². The van der Waals surface area contributed by atoms with E-state index in [-0.39, 0.29) is 27.5 Å². The average molecular weight is 591 g/mol. The highest BCUT2D eigenvalue weighted by Crippen LogP contribution is 2.64. The van der Waals surface area contributed by atoms with Crippen LogP contribution < -0.4 is 18.4 Å². The van der Waals surface area contributed by atoms with Crippen molar-refractivity contribution in [1.29, 1.82) is 0 Å². The zero-order chi connectivity index (χ0) is 29.0. The van der Waals surface area contributed by atoms with Crippen LogP contribution in [0.2, 0.25) is 0 Å². The van der Waals surface area contributed by atoms with E-state index >= 15 is 0 Å². The van der Waals surface area contributed by atoms with Gasteiger partial charge in [-0.1, -0.05) is 37.8 Å². The first-order valence-corrected chi connectivity index (χ1v) is 16.0. The van der Waals surface area contributed by atoms with Crippen LogP contribution >= 0.6 is 0 Å². The molecule has 2 atom stereocenters. The summed E-state index contributed by atoms with van der Waals surface area (Å²) in [5, 5.41) is 7.63. The average Bonchev–Trinajstić information content (AvgIpc) is 3.50. The van der Waals surface area contributed by atoms with Gasteiger partial charge in [-0.3, -0.25) is 0 Å². The number of nitrogens with zero attached hydrogens (tertiary/aromatic N) is 2. The summed E-state index contributed by atoms with van der Waals surface area (Å²) in [5.74, 6) is 2.34. The van der Waals surface area contributed by atoms with Gasteiger partial charge in [0.15, 0.2) is 11.3 Å². The standard InChI is InChI=1S/C32H34N2O7S/c1-37-21-12-14-23-26(19-21)39-32(18-7-4-11-29(32)31(23)16-5-3-6-17-31)24-15-13-22(38-2)20-27(24)40-42(35,36)28-10-8-9-25-30(28)34-41-33-25/h8-10,12-15,19-20,29H,3-7,11,16-18H2,1-2H3/t29-,32-/m0/s1. The number of benzene rings is 3. The first kappa shape index (κ1) is 27.1. The lowest BCUT2D eigenvalue weighted by Crippen LogP contribution is -2.57. The van der Waals surface area contributed by atoms with E-state index in [2.05, 4.69) is 16.4 Å². The number of hydrogen-bond donors (Lipinski definition) is 0. The van der Waals surface area contributed by atoms with Crippen molar-refractivity contribution in [2.45, 2.75) is 73.7 Å². The molecule has 7 rings (SSSR count). The summed E-state index contributed by atoms with van der Waals surface area (Å²) in [6, 6.07) is 16.3. The maximum absolute atomic E-state index is 13.9. The Bertz CT molecular complexity index is 1740. The molecule has 0 bridgehead atoms. The summed E-state index contributed by atoms with van der Waals surface area (Å²) >= 11 is 0. The molecule has 3 aliphatic rings. The Morgan fingerprint density at radius 1 is 0.833 bits per heavy atom. The molecular weight excluding hydrogens is 556 g/mol. The number of fused-ring (bicyclic) bond motifs is 5. The highest BCUT2D eigenvalue weighted by Gasteiger charge is 2.60. The molecule has 0 unspecified atom stereocenters. The fraction of sp³-hybridized carbons (Fsp3) is 0.438.